The summed E-state index contributed by atoms with van der Waals surface area (Å²) in [6, 6.07) is 0. The molecule has 1 atom stereocenters. The van der Waals surface area contributed by atoms with Crippen molar-refractivity contribution in [1.82, 2.24) is 0 Å². The molecule has 0 rings (SSSR count). The maximum atomic E-state index is 13.3. The third-order valence-electron chi connectivity index (χ3n) is 1.60. The summed E-state index contributed by atoms with van der Waals surface area (Å²) in [5.74, 6) is 1.54. The lowest BCUT2D eigenvalue weighted by Crippen LogP contribution is -2.43. The number of hydrogen-bond donors (Lipinski definition) is 1. The zero-order chi connectivity index (χ0) is 11.2. The molecular formula is C9H11FO4. The molecule has 0 heterocycles. The second-order valence-electron chi connectivity index (χ2n) is 2.46. The molecule has 0 amide bonds. The van der Waals surface area contributed by atoms with E-state index in [4.69, 9.17) is 5.11 Å². The monoisotopic (exact) mass is 202 g/mol. The number of carboxylic acid groups (broad SMARTS) is 1. The second-order valence-corrected chi connectivity index (χ2v) is 2.46. The van der Waals surface area contributed by atoms with E-state index in [9.17, 15) is 14.0 Å². The average molecular weight is 202 g/mol. The van der Waals surface area contributed by atoms with E-state index in [-0.39, 0.29) is 6.61 Å². The molecule has 0 aliphatic heterocycles. The Kier molecular flexibility index (Phi) is 4.64. The molecule has 0 aliphatic rings. The van der Waals surface area contributed by atoms with Gasteiger partial charge in [-0.3, -0.25) is 0 Å². The number of rotatable bonds is 4. The number of halogens is 1. The van der Waals surface area contributed by atoms with Gasteiger partial charge in [-0.1, -0.05) is 12.8 Å². The molecule has 78 valence electrons. The fourth-order valence-corrected chi connectivity index (χ4v) is 0.671. The lowest BCUT2D eigenvalue weighted by molar-refractivity contribution is -0.170. The summed E-state index contributed by atoms with van der Waals surface area (Å²) in [5.41, 5.74) is -2.96. The van der Waals surface area contributed by atoms with E-state index in [0.717, 1.165) is 0 Å². The van der Waals surface area contributed by atoms with E-state index in [1.54, 1.807) is 0 Å². The standard InChI is InChI=1S/C9H11FO4/c1-3-5-6-14-8(13)9(10,4-2)7(11)12/h4,6H2,1-2H3,(H,11,12). The zero-order valence-electron chi connectivity index (χ0n) is 7.96. The Bertz CT molecular complexity index is 289. The van der Waals surface area contributed by atoms with Crippen LogP contribution in [0.3, 0.4) is 0 Å². The van der Waals surface area contributed by atoms with Crippen LogP contribution in [0.25, 0.3) is 0 Å². The van der Waals surface area contributed by atoms with Gasteiger partial charge in [-0.05, 0) is 6.92 Å². The number of ether oxygens (including phenoxy) is 1. The van der Waals surface area contributed by atoms with Crippen LogP contribution in [0.15, 0.2) is 0 Å². The molecule has 14 heavy (non-hydrogen) atoms. The highest BCUT2D eigenvalue weighted by Gasteiger charge is 2.46. The first kappa shape index (κ1) is 12.4. The summed E-state index contributed by atoms with van der Waals surface area (Å²) in [4.78, 5) is 21.4. The molecular weight excluding hydrogens is 191 g/mol. The number of aliphatic carboxylic acids is 1. The molecule has 0 fully saturated rings. The summed E-state index contributed by atoms with van der Waals surface area (Å²) < 4.78 is 17.7. The van der Waals surface area contributed by atoms with E-state index in [1.807, 2.05) is 0 Å². The molecule has 0 saturated carbocycles. The van der Waals surface area contributed by atoms with E-state index < -0.39 is 24.0 Å². The molecule has 0 aromatic heterocycles. The van der Waals surface area contributed by atoms with Gasteiger partial charge in [0.15, 0.2) is 6.61 Å². The lowest BCUT2D eigenvalue weighted by Gasteiger charge is -2.15. The maximum absolute atomic E-state index is 13.3. The van der Waals surface area contributed by atoms with Crippen LogP contribution >= 0.6 is 0 Å². The van der Waals surface area contributed by atoms with Crippen LogP contribution in [-0.2, 0) is 14.3 Å². The summed E-state index contributed by atoms with van der Waals surface area (Å²) >= 11 is 0. The predicted octanol–water partition coefficient (Wildman–Crippen LogP) is 0.756. The fraction of sp³-hybridized carbons (Fsp3) is 0.556. The van der Waals surface area contributed by atoms with E-state index in [0.29, 0.717) is 0 Å². The van der Waals surface area contributed by atoms with Gasteiger partial charge in [0.1, 0.15) is 0 Å². The van der Waals surface area contributed by atoms with Gasteiger partial charge in [-0.15, -0.1) is 5.92 Å². The quantitative estimate of drug-likeness (QED) is 0.415. The first-order chi connectivity index (χ1) is 6.49. The van der Waals surface area contributed by atoms with Crippen molar-refractivity contribution in [3.05, 3.63) is 0 Å². The second kappa shape index (κ2) is 5.22. The van der Waals surface area contributed by atoms with Crippen LogP contribution in [0.5, 0.6) is 0 Å². The molecule has 1 N–H and O–H groups in total. The Labute approximate surface area is 81.1 Å². The third-order valence-corrected chi connectivity index (χ3v) is 1.60. The van der Waals surface area contributed by atoms with E-state index in [2.05, 4.69) is 16.6 Å². The molecule has 0 spiro atoms. The number of carbonyl (C=O) groups excluding carboxylic acids is 1. The van der Waals surface area contributed by atoms with Crippen molar-refractivity contribution in [3.63, 3.8) is 0 Å². The number of esters is 1. The Morgan fingerprint density at radius 2 is 2.14 bits per heavy atom. The Morgan fingerprint density at radius 1 is 1.57 bits per heavy atom. The van der Waals surface area contributed by atoms with Crippen molar-refractivity contribution in [2.24, 2.45) is 0 Å². The van der Waals surface area contributed by atoms with Crippen molar-refractivity contribution >= 4 is 11.9 Å². The van der Waals surface area contributed by atoms with Gasteiger partial charge in [0.2, 0.25) is 0 Å². The number of carboxylic acids is 1. The highest BCUT2D eigenvalue weighted by molar-refractivity contribution is 6.02. The van der Waals surface area contributed by atoms with Gasteiger partial charge >= 0.3 is 17.6 Å². The van der Waals surface area contributed by atoms with Crippen molar-refractivity contribution < 1.29 is 23.8 Å². The minimum Gasteiger partial charge on any atom is -0.478 e. The highest BCUT2D eigenvalue weighted by atomic mass is 19.1. The normalized spacial score (nSPS) is 13.4. The van der Waals surface area contributed by atoms with E-state index >= 15 is 0 Å². The number of alkyl halides is 1. The topological polar surface area (TPSA) is 63.6 Å². The molecule has 0 aromatic rings. The number of hydrogen-bond acceptors (Lipinski definition) is 3. The summed E-state index contributed by atoms with van der Waals surface area (Å²) in [7, 11) is 0. The van der Waals surface area contributed by atoms with Crippen LogP contribution in [0.4, 0.5) is 4.39 Å². The van der Waals surface area contributed by atoms with Crippen molar-refractivity contribution in [1.29, 1.82) is 0 Å². The Balaban J connectivity index is 4.44. The molecule has 0 bridgehead atoms. The molecule has 1 unspecified atom stereocenters. The molecule has 5 heteroatoms. The SMILES string of the molecule is CC#CCOC(=O)C(F)(CC)C(=O)O. The van der Waals surface area contributed by atoms with Crippen LogP contribution in [-0.4, -0.2) is 29.3 Å². The van der Waals surface area contributed by atoms with Crippen molar-refractivity contribution in [2.75, 3.05) is 6.61 Å². The summed E-state index contributed by atoms with van der Waals surface area (Å²) in [5, 5.41) is 8.45. The maximum Gasteiger partial charge on any atom is 0.356 e. The van der Waals surface area contributed by atoms with Gasteiger partial charge in [0, 0.05) is 6.42 Å². The van der Waals surface area contributed by atoms with Crippen LogP contribution < -0.4 is 0 Å². The predicted molar refractivity (Wildman–Crippen MR) is 46.2 cm³/mol. The number of carbonyl (C=O) groups is 2. The van der Waals surface area contributed by atoms with Gasteiger partial charge in [-0.25, -0.2) is 14.0 Å². The summed E-state index contributed by atoms with van der Waals surface area (Å²) in [6.45, 7) is 2.47. The first-order valence-electron chi connectivity index (χ1n) is 3.98. The minimum absolute atomic E-state index is 0.297. The average Bonchev–Trinajstić information content (AvgIpc) is 2.16. The van der Waals surface area contributed by atoms with Gasteiger partial charge < -0.3 is 9.84 Å². The first-order valence-corrected chi connectivity index (χ1v) is 3.98. The molecule has 0 saturated heterocycles. The van der Waals surface area contributed by atoms with Crippen LogP contribution in [0, 0.1) is 11.8 Å². The zero-order valence-corrected chi connectivity index (χ0v) is 7.96. The lowest BCUT2D eigenvalue weighted by atomic mass is 10.0. The van der Waals surface area contributed by atoms with E-state index in [1.165, 1.54) is 13.8 Å². The summed E-state index contributed by atoms with van der Waals surface area (Å²) in [6.07, 6.45) is -0.472. The largest absolute Gasteiger partial charge is 0.478 e. The van der Waals surface area contributed by atoms with Gasteiger partial charge in [0.25, 0.3) is 0 Å². The Morgan fingerprint density at radius 3 is 2.50 bits per heavy atom. The van der Waals surface area contributed by atoms with Crippen molar-refractivity contribution in [3.8, 4) is 11.8 Å². The van der Waals surface area contributed by atoms with Crippen LogP contribution in [0.1, 0.15) is 20.3 Å². The minimum atomic E-state index is -2.96. The third kappa shape index (κ3) is 2.73. The highest BCUT2D eigenvalue weighted by Crippen LogP contribution is 2.18. The van der Waals surface area contributed by atoms with Gasteiger partial charge in [-0.2, -0.15) is 0 Å². The molecule has 0 radical (unpaired) electrons. The smallest absolute Gasteiger partial charge is 0.356 e. The fourth-order valence-electron chi connectivity index (χ4n) is 0.671. The van der Waals surface area contributed by atoms with Gasteiger partial charge in [0.05, 0.1) is 0 Å². The Hall–Kier alpha value is -1.57. The van der Waals surface area contributed by atoms with Crippen molar-refractivity contribution in [2.45, 2.75) is 25.9 Å². The molecule has 0 aromatic carbocycles. The molecule has 0 aliphatic carbocycles. The molecule has 4 nitrogen and oxygen atoms in total. The van der Waals surface area contributed by atoms with Crippen LogP contribution in [0.2, 0.25) is 0 Å².